The fourth-order valence-electron chi connectivity index (χ4n) is 4.50. The van der Waals surface area contributed by atoms with E-state index in [-0.39, 0.29) is 57.9 Å². The van der Waals surface area contributed by atoms with Crippen LogP contribution in [-0.4, -0.2) is 40.0 Å². The molecule has 1 aliphatic heterocycles. The summed E-state index contributed by atoms with van der Waals surface area (Å²) in [7, 11) is 0. The number of hydrogen-bond donors (Lipinski definition) is 2. The van der Waals surface area contributed by atoms with Gasteiger partial charge in [0.2, 0.25) is 5.78 Å². The molecule has 4 atom stereocenters. The number of carbonyl (C=O) groups is 2. The summed E-state index contributed by atoms with van der Waals surface area (Å²) in [6.07, 6.45) is 1.58. The number of phenolic OH excluding ortho intramolecular Hbond substituents is 2. The Labute approximate surface area is 179 Å². The summed E-state index contributed by atoms with van der Waals surface area (Å²) in [4.78, 5) is 28.8. The molecule has 0 spiro atoms. The van der Waals surface area contributed by atoms with Crippen molar-refractivity contribution in [3.05, 3.63) is 68.6 Å². The molecule has 160 valence electrons. The Morgan fingerprint density at radius 1 is 1.10 bits per heavy atom. The molecule has 4 rings (SSSR count). The van der Waals surface area contributed by atoms with E-state index in [1.807, 2.05) is 13.8 Å². The molecular weight excluding hydrogens is 398 g/mol. The van der Waals surface area contributed by atoms with Crippen LogP contribution in [0, 0.1) is 5.92 Å². The van der Waals surface area contributed by atoms with Crippen molar-refractivity contribution in [2.45, 2.75) is 51.4 Å². The molecule has 2 N–H and O–H groups in total. The van der Waals surface area contributed by atoms with Gasteiger partial charge >= 0.3 is 0 Å². The normalized spacial score (nSPS) is 24.8. The molecule has 8 heteroatoms. The smallest absolute Gasteiger partial charge is 0.201 e. The van der Waals surface area contributed by atoms with Crippen molar-refractivity contribution < 1.29 is 24.5 Å². The van der Waals surface area contributed by atoms with Gasteiger partial charge in [-0.15, -0.1) is 0 Å². The van der Waals surface area contributed by atoms with Crippen molar-refractivity contribution in [1.29, 1.82) is 0 Å². The number of nitrogens with zero attached hydrogens (tertiary/aromatic N) is 3. The van der Waals surface area contributed by atoms with E-state index < -0.39 is 11.6 Å². The first-order valence-electron chi connectivity index (χ1n) is 10.3. The maximum absolute atomic E-state index is 13.0. The number of phenols is 2. The van der Waals surface area contributed by atoms with Crippen LogP contribution in [0.25, 0.3) is 10.4 Å². The molecule has 2 aliphatic rings. The minimum atomic E-state index is -0.567. The number of benzene rings is 2. The molecule has 1 aliphatic carbocycles. The summed E-state index contributed by atoms with van der Waals surface area (Å²) in [5.41, 5.74) is 9.62. The lowest BCUT2D eigenvalue weighted by Gasteiger charge is -2.37. The first-order chi connectivity index (χ1) is 14.8. The van der Waals surface area contributed by atoms with E-state index in [1.54, 1.807) is 6.07 Å². The summed E-state index contributed by atoms with van der Waals surface area (Å²) in [5.74, 6) is -1.41. The number of fused-ring (bicyclic) bond motifs is 2. The highest BCUT2D eigenvalue weighted by molar-refractivity contribution is 6.30. The summed E-state index contributed by atoms with van der Waals surface area (Å²) in [5, 5.41) is 24.5. The van der Waals surface area contributed by atoms with E-state index in [1.165, 1.54) is 24.3 Å². The summed E-state index contributed by atoms with van der Waals surface area (Å²) < 4.78 is 6.04. The standard InChI is InChI=1S/C23H23N3O5/c1-11-12(2)31-14(10-17(11)25-26-24)7-6-13-8-16-21(19(28)9-13)23(30)20-15(22(16)29)4-3-5-18(20)27/h3-5,8-9,11-12,14,17,27-28H,6-7,10H2,1-2H3/t11-,12?,14-,17+/m0/s1. The van der Waals surface area contributed by atoms with E-state index in [4.69, 9.17) is 10.3 Å². The lowest BCUT2D eigenvalue weighted by atomic mass is 9.81. The number of aryl methyl sites for hydroxylation is 1. The quantitative estimate of drug-likeness (QED) is 0.368. The van der Waals surface area contributed by atoms with Crippen molar-refractivity contribution in [2.24, 2.45) is 11.0 Å². The lowest BCUT2D eigenvalue weighted by Crippen LogP contribution is -2.40. The van der Waals surface area contributed by atoms with Crippen LogP contribution in [0.15, 0.2) is 35.4 Å². The molecule has 31 heavy (non-hydrogen) atoms. The molecule has 1 fully saturated rings. The molecule has 1 unspecified atom stereocenters. The Morgan fingerprint density at radius 2 is 1.84 bits per heavy atom. The van der Waals surface area contributed by atoms with Gasteiger partial charge in [0.05, 0.1) is 23.3 Å². The van der Waals surface area contributed by atoms with E-state index in [9.17, 15) is 19.8 Å². The van der Waals surface area contributed by atoms with Crippen LogP contribution in [0.3, 0.4) is 0 Å². The third-order valence-corrected chi connectivity index (χ3v) is 6.38. The second-order valence-electron chi connectivity index (χ2n) is 8.26. The number of ketones is 2. The van der Waals surface area contributed by atoms with Crippen LogP contribution in [0.2, 0.25) is 0 Å². The minimum Gasteiger partial charge on any atom is -0.507 e. The van der Waals surface area contributed by atoms with Crippen LogP contribution < -0.4 is 0 Å². The van der Waals surface area contributed by atoms with Gasteiger partial charge in [-0.3, -0.25) is 9.59 Å². The first kappa shape index (κ1) is 20.9. The summed E-state index contributed by atoms with van der Waals surface area (Å²) in [6.45, 7) is 3.96. The number of azide groups is 1. The van der Waals surface area contributed by atoms with Crippen molar-refractivity contribution in [1.82, 2.24) is 0 Å². The average Bonchev–Trinajstić information content (AvgIpc) is 2.73. The topological polar surface area (TPSA) is 133 Å². The molecule has 1 saturated heterocycles. The zero-order valence-corrected chi connectivity index (χ0v) is 17.3. The van der Waals surface area contributed by atoms with Crippen molar-refractivity contribution in [2.75, 3.05) is 0 Å². The highest BCUT2D eigenvalue weighted by Gasteiger charge is 2.35. The zero-order valence-electron chi connectivity index (χ0n) is 17.3. The van der Waals surface area contributed by atoms with Gasteiger partial charge in [-0.1, -0.05) is 24.2 Å². The second-order valence-corrected chi connectivity index (χ2v) is 8.26. The maximum atomic E-state index is 13.0. The molecular formula is C23H23N3O5. The van der Waals surface area contributed by atoms with Crippen LogP contribution in [0.4, 0.5) is 0 Å². The Bertz CT molecular complexity index is 1120. The third-order valence-electron chi connectivity index (χ3n) is 6.38. The number of rotatable bonds is 4. The van der Waals surface area contributed by atoms with E-state index in [2.05, 4.69) is 10.0 Å². The van der Waals surface area contributed by atoms with E-state index in [0.717, 1.165) is 0 Å². The maximum Gasteiger partial charge on any atom is 0.201 e. The van der Waals surface area contributed by atoms with Crippen molar-refractivity contribution >= 4 is 11.6 Å². The third kappa shape index (κ3) is 3.65. The molecule has 0 bridgehead atoms. The van der Waals surface area contributed by atoms with Gasteiger partial charge in [0.1, 0.15) is 11.5 Å². The zero-order chi connectivity index (χ0) is 22.3. The highest BCUT2D eigenvalue weighted by Crippen LogP contribution is 2.37. The minimum absolute atomic E-state index is 0.0467. The van der Waals surface area contributed by atoms with Crippen LogP contribution in [-0.2, 0) is 11.2 Å². The first-order valence-corrected chi connectivity index (χ1v) is 10.3. The number of aromatic hydroxyl groups is 2. The number of ether oxygens (including phenoxy) is 1. The molecule has 8 nitrogen and oxygen atoms in total. The van der Waals surface area contributed by atoms with Gasteiger partial charge in [0.15, 0.2) is 5.78 Å². The molecule has 2 aromatic carbocycles. The molecule has 0 aromatic heterocycles. The fourth-order valence-corrected chi connectivity index (χ4v) is 4.50. The Kier molecular flexibility index (Phi) is 5.43. The molecule has 1 heterocycles. The van der Waals surface area contributed by atoms with Gasteiger partial charge < -0.3 is 14.9 Å². The SMILES string of the molecule is CC1O[C@@H](CCc2cc(O)c3c(c2)C(=O)c2cccc(O)c2C3=O)C[C@@H](N=[N+]=[N-])[C@H]1C. The molecule has 0 saturated carbocycles. The predicted molar refractivity (Wildman–Crippen MR) is 112 cm³/mol. The largest absolute Gasteiger partial charge is 0.507 e. The highest BCUT2D eigenvalue weighted by atomic mass is 16.5. The molecule has 0 amide bonds. The predicted octanol–water partition coefficient (Wildman–Crippen LogP) is 4.30. The molecule has 0 radical (unpaired) electrons. The van der Waals surface area contributed by atoms with Gasteiger partial charge in [-0.25, -0.2) is 0 Å². The van der Waals surface area contributed by atoms with Gasteiger partial charge in [-0.2, -0.15) is 0 Å². The average molecular weight is 421 g/mol. The van der Waals surface area contributed by atoms with Gasteiger partial charge in [0.25, 0.3) is 0 Å². The van der Waals surface area contributed by atoms with Crippen LogP contribution in [0.1, 0.15) is 64.1 Å². The Hall–Kier alpha value is -3.35. The lowest BCUT2D eigenvalue weighted by molar-refractivity contribution is -0.0796. The van der Waals surface area contributed by atoms with Crippen LogP contribution in [0.5, 0.6) is 11.5 Å². The Morgan fingerprint density at radius 3 is 2.58 bits per heavy atom. The van der Waals surface area contributed by atoms with E-state index >= 15 is 0 Å². The Balaban J connectivity index is 1.58. The van der Waals surface area contributed by atoms with Crippen LogP contribution >= 0.6 is 0 Å². The summed E-state index contributed by atoms with van der Waals surface area (Å²) in [6, 6.07) is 7.32. The van der Waals surface area contributed by atoms with Gasteiger partial charge in [0, 0.05) is 22.1 Å². The second kappa shape index (κ2) is 8.06. The van der Waals surface area contributed by atoms with Gasteiger partial charge in [-0.05, 0) is 61.4 Å². The van der Waals surface area contributed by atoms with Crippen molar-refractivity contribution in [3.8, 4) is 11.5 Å². The monoisotopic (exact) mass is 421 g/mol. The molecule has 2 aromatic rings. The fraction of sp³-hybridized carbons (Fsp3) is 0.391. The van der Waals surface area contributed by atoms with Crippen molar-refractivity contribution in [3.63, 3.8) is 0 Å². The van der Waals surface area contributed by atoms with E-state index in [0.29, 0.717) is 24.8 Å². The number of hydrogen-bond acceptors (Lipinski definition) is 6. The summed E-state index contributed by atoms with van der Waals surface area (Å²) >= 11 is 0. The number of carbonyl (C=O) groups excluding carboxylic acids is 2.